The van der Waals surface area contributed by atoms with Crippen molar-refractivity contribution < 1.29 is 23.1 Å². The fourth-order valence-corrected chi connectivity index (χ4v) is 1.87. The number of halogens is 2. The molecule has 1 atom stereocenters. The Hall–Kier alpha value is -2.49. The number of hydrogen-bond donors (Lipinski definition) is 1. The van der Waals surface area contributed by atoms with Crippen LogP contribution in [0.1, 0.15) is 36.0 Å². The van der Waals surface area contributed by atoms with Crippen LogP contribution in [-0.4, -0.2) is 25.0 Å². The summed E-state index contributed by atoms with van der Waals surface area (Å²) < 4.78 is 30.8. The second-order valence-electron chi connectivity index (χ2n) is 4.61. The van der Waals surface area contributed by atoms with Gasteiger partial charge in [0.1, 0.15) is 17.7 Å². The number of esters is 1. The zero-order chi connectivity index (χ0) is 16.5. The van der Waals surface area contributed by atoms with Gasteiger partial charge in [0.25, 0.3) is 5.91 Å². The van der Waals surface area contributed by atoms with Gasteiger partial charge >= 0.3 is 5.97 Å². The average molecular weight is 310 g/mol. The molecular formula is C15H16F2N2O3. The number of ether oxygens (including phenoxy) is 1. The molecule has 1 N–H and O–H groups in total. The van der Waals surface area contributed by atoms with E-state index < -0.39 is 29.6 Å². The highest BCUT2D eigenvalue weighted by atomic mass is 19.1. The number of benzene rings is 1. The highest BCUT2D eigenvalue weighted by molar-refractivity contribution is 5.96. The molecule has 118 valence electrons. The Labute approximate surface area is 126 Å². The maximum absolute atomic E-state index is 13.1. The molecule has 5 nitrogen and oxygen atoms in total. The SMILES string of the molecule is COC(=O)[C@@H](CCCCC#N)NC(=O)c1cc(F)cc(F)c1. The first kappa shape index (κ1) is 17.6. The fraction of sp³-hybridized carbons (Fsp3) is 0.400. The number of unbranched alkanes of at least 4 members (excludes halogenated alkanes) is 2. The lowest BCUT2D eigenvalue weighted by molar-refractivity contribution is -0.143. The predicted molar refractivity (Wildman–Crippen MR) is 73.7 cm³/mol. The number of carbonyl (C=O) groups is 2. The highest BCUT2D eigenvalue weighted by Gasteiger charge is 2.22. The van der Waals surface area contributed by atoms with Crippen LogP contribution in [0.5, 0.6) is 0 Å². The van der Waals surface area contributed by atoms with Crippen molar-refractivity contribution in [3.8, 4) is 6.07 Å². The van der Waals surface area contributed by atoms with Crippen molar-refractivity contribution in [2.24, 2.45) is 0 Å². The fourth-order valence-electron chi connectivity index (χ4n) is 1.87. The van der Waals surface area contributed by atoms with Gasteiger partial charge in [-0.25, -0.2) is 13.6 Å². The molecule has 0 aliphatic rings. The molecule has 0 radical (unpaired) electrons. The van der Waals surface area contributed by atoms with E-state index in [1.54, 1.807) is 0 Å². The molecule has 1 rings (SSSR count). The second kappa shape index (κ2) is 8.72. The number of nitrogens with zero attached hydrogens (tertiary/aromatic N) is 1. The van der Waals surface area contributed by atoms with Crippen LogP contribution >= 0.6 is 0 Å². The molecule has 0 bridgehead atoms. The van der Waals surface area contributed by atoms with Crippen LogP contribution < -0.4 is 5.32 Å². The zero-order valence-corrected chi connectivity index (χ0v) is 12.1. The first-order valence-corrected chi connectivity index (χ1v) is 6.69. The third-order valence-electron chi connectivity index (χ3n) is 2.95. The van der Waals surface area contributed by atoms with Gasteiger partial charge in [0.15, 0.2) is 0 Å². The van der Waals surface area contributed by atoms with Crippen molar-refractivity contribution in [3.63, 3.8) is 0 Å². The molecule has 1 aromatic carbocycles. The van der Waals surface area contributed by atoms with Crippen LogP contribution in [0.15, 0.2) is 18.2 Å². The molecule has 7 heteroatoms. The van der Waals surface area contributed by atoms with Crippen molar-refractivity contribution in [1.29, 1.82) is 5.26 Å². The maximum Gasteiger partial charge on any atom is 0.328 e. The van der Waals surface area contributed by atoms with Gasteiger partial charge in [0, 0.05) is 18.1 Å². The van der Waals surface area contributed by atoms with Gasteiger partial charge in [-0.05, 0) is 31.4 Å². The number of carbonyl (C=O) groups excluding carboxylic acids is 2. The number of nitriles is 1. The average Bonchev–Trinajstić information content (AvgIpc) is 2.48. The molecule has 0 fully saturated rings. The van der Waals surface area contributed by atoms with Gasteiger partial charge < -0.3 is 10.1 Å². The lowest BCUT2D eigenvalue weighted by Crippen LogP contribution is -2.41. The quantitative estimate of drug-likeness (QED) is 0.619. The van der Waals surface area contributed by atoms with Crippen molar-refractivity contribution in [3.05, 3.63) is 35.4 Å². The summed E-state index contributed by atoms with van der Waals surface area (Å²) in [6.07, 6.45) is 1.73. The monoisotopic (exact) mass is 310 g/mol. The van der Waals surface area contributed by atoms with Crippen molar-refractivity contribution in [2.45, 2.75) is 31.7 Å². The predicted octanol–water partition coefficient (Wildman–Crippen LogP) is 2.32. The molecule has 0 aliphatic heterocycles. The molecule has 0 saturated carbocycles. The Morgan fingerprint density at radius 3 is 2.45 bits per heavy atom. The minimum Gasteiger partial charge on any atom is -0.467 e. The van der Waals surface area contributed by atoms with Crippen molar-refractivity contribution in [2.75, 3.05) is 7.11 Å². The van der Waals surface area contributed by atoms with Crippen LogP contribution in [0, 0.1) is 23.0 Å². The largest absolute Gasteiger partial charge is 0.467 e. The van der Waals surface area contributed by atoms with E-state index in [1.165, 1.54) is 7.11 Å². The maximum atomic E-state index is 13.1. The Kier molecular flexibility index (Phi) is 6.96. The zero-order valence-electron chi connectivity index (χ0n) is 12.1. The highest BCUT2D eigenvalue weighted by Crippen LogP contribution is 2.10. The van der Waals surface area contributed by atoms with E-state index in [2.05, 4.69) is 10.1 Å². The molecule has 0 saturated heterocycles. The van der Waals surface area contributed by atoms with E-state index in [9.17, 15) is 18.4 Å². The molecule has 0 unspecified atom stereocenters. The molecule has 0 spiro atoms. The van der Waals surface area contributed by atoms with Gasteiger partial charge in [-0.2, -0.15) is 5.26 Å². The molecular weight excluding hydrogens is 294 g/mol. The summed E-state index contributed by atoms with van der Waals surface area (Å²) in [5, 5.41) is 10.8. The topological polar surface area (TPSA) is 79.2 Å². The molecule has 1 aromatic rings. The Morgan fingerprint density at radius 2 is 1.91 bits per heavy atom. The van der Waals surface area contributed by atoms with Crippen LogP contribution in [0.2, 0.25) is 0 Å². The summed E-state index contributed by atoms with van der Waals surface area (Å²) in [4.78, 5) is 23.6. The lowest BCUT2D eigenvalue weighted by atomic mass is 10.1. The van der Waals surface area contributed by atoms with E-state index in [0.29, 0.717) is 25.3 Å². The molecule has 1 amide bonds. The second-order valence-corrected chi connectivity index (χ2v) is 4.61. The van der Waals surface area contributed by atoms with Crippen molar-refractivity contribution >= 4 is 11.9 Å². The lowest BCUT2D eigenvalue weighted by Gasteiger charge is -2.16. The van der Waals surface area contributed by atoms with Crippen LogP contribution in [-0.2, 0) is 9.53 Å². The van der Waals surface area contributed by atoms with Gasteiger partial charge in [-0.1, -0.05) is 0 Å². The van der Waals surface area contributed by atoms with E-state index in [-0.39, 0.29) is 12.0 Å². The molecule has 0 aliphatic carbocycles. The van der Waals surface area contributed by atoms with Gasteiger partial charge in [-0.15, -0.1) is 0 Å². The summed E-state index contributed by atoms with van der Waals surface area (Å²) >= 11 is 0. The summed E-state index contributed by atoms with van der Waals surface area (Å²) in [5.41, 5.74) is -0.219. The molecule has 22 heavy (non-hydrogen) atoms. The Bertz CT molecular complexity index is 564. The number of rotatable bonds is 7. The van der Waals surface area contributed by atoms with Crippen LogP contribution in [0.25, 0.3) is 0 Å². The van der Waals surface area contributed by atoms with Gasteiger partial charge in [-0.3, -0.25) is 4.79 Å². The Morgan fingerprint density at radius 1 is 1.27 bits per heavy atom. The minimum atomic E-state index is -0.928. The normalized spacial score (nSPS) is 11.4. The number of amides is 1. The summed E-state index contributed by atoms with van der Waals surface area (Å²) in [6.45, 7) is 0. The first-order chi connectivity index (χ1) is 10.5. The third-order valence-corrected chi connectivity index (χ3v) is 2.95. The van der Waals surface area contributed by atoms with E-state index in [4.69, 9.17) is 5.26 Å². The smallest absolute Gasteiger partial charge is 0.328 e. The number of nitrogens with one attached hydrogen (secondary N) is 1. The third kappa shape index (κ3) is 5.48. The van der Waals surface area contributed by atoms with E-state index in [0.717, 1.165) is 12.1 Å². The van der Waals surface area contributed by atoms with E-state index >= 15 is 0 Å². The molecule has 0 aromatic heterocycles. The first-order valence-electron chi connectivity index (χ1n) is 6.69. The van der Waals surface area contributed by atoms with E-state index in [1.807, 2.05) is 6.07 Å². The minimum absolute atomic E-state index is 0.219. The number of methoxy groups -OCH3 is 1. The summed E-state index contributed by atoms with van der Waals surface area (Å²) in [6, 6.07) is 3.45. The molecule has 0 heterocycles. The summed E-state index contributed by atoms with van der Waals surface area (Å²) in [5.74, 6) is -3.18. The van der Waals surface area contributed by atoms with Gasteiger partial charge in [0.05, 0.1) is 13.2 Å². The van der Waals surface area contributed by atoms with Crippen molar-refractivity contribution in [1.82, 2.24) is 5.32 Å². The van der Waals surface area contributed by atoms with Crippen LogP contribution in [0.3, 0.4) is 0 Å². The standard InChI is InChI=1S/C15H16F2N2O3/c1-22-15(21)13(5-3-2-4-6-18)19-14(20)10-7-11(16)9-12(17)8-10/h7-9,13H,2-5H2,1H3,(H,19,20)/t13-/m1/s1. The van der Waals surface area contributed by atoms with Crippen LogP contribution in [0.4, 0.5) is 8.78 Å². The van der Waals surface area contributed by atoms with Gasteiger partial charge in [0.2, 0.25) is 0 Å². The Balaban J connectivity index is 2.73. The number of hydrogen-bond acceptors (Lipinski definition) is 4. The summed E-state index contributed by atoms with van der Waals surface area (Å²) in [7, 11) is 1.18.